The second-order valence-electron chi connectivity index (χ2n) is 3.69. The predicted molar refractivity (Wildman–Crippen MR) is 59.4 cm³/mol. The molecule has 0 aliphatic carbocycles. The van der Waals surface area contributed by atoms with Gasteiger partial charge in [-0.15, -0.1) is 0 Å². The van der Waals surface area contributed by atoms with Crippen LogP contribution in [0.2, 0.25) is 0 Å². The summed E-state index contributed by atoms with van der Waals surface area (Å²) in [5, 5.41) is 0. The smallest absolute Gasteiger partial charge is 0.119 e. The molecule has 0 aliphatic rings. The molecule has 78 valence electrons. The van der Waals surface area contributed by atoms with Gasteiger partial charge in [0.15, 0.2) is 0 Å². The van der Waals surface area contributed by atoms with Crippen LogP contribution in [0.15, 0.2) is 24.3 Å². The lowest BCUT2D eigenvalue weighted by molar-refractivity contribution is 0.217. The zero-order chi connectivity index (χ0) is 10.6. The molecule has 0 spiro atoms. The highest BCUT2D eigenvalue weighted by Crippen LogP contribution is 2.17. The standard InChI is InChI=1S/C12H19NO/c1-4-9(2)14-12-7-5-11(6-8-12)10(3)13/h5-10H,4,13H2,1-3H3. The quantitative estimate of drug-likeness (QED) is 0.798. The van der Waals surface area contributed by atoms with Crippen molar-refractivity contribution in [2.45, 2.75) is 39.3 Å². The summed E-state index contributed by atoms with van der Waals surface area (Å²) >= 11 is 0. The van der Waals surface area contributed by atoms with E-state index in [2.05, 4.69) is 13.8 Å². The van der Waals surface area contributed by atoms with E-state index >= 15 is 0 Å². The first kappa shape index (κ1) is 11.1. The van der Waals surface area contributed by atoms with Crippen molar-refractivity contribution >= 4 is 0 Å². The molecule has 2 unspecified atom stereocenters. The van der Waals surface area contributed by atoms with E-state index in [1.54, 1.807) is 0 Å². The largest absolute Gasteiger partial charge is 0.491 e. The first-order valence-corrected chi connectivity index (χ1v) is 5.15. The molecular weight excluding hydrogens is 174 g/mol. The van der Waals surface area contributed by atoms with Crippen LogP contribution < -0.4 is 10.5 Å². The van der Waals surface area contributed by atoms with Crippen LogP contribution in [0, 0.1) is 0 Å². The lowest BCUT2D eigenvalue weighted by Crippen LogP contribution is -2.10. The third-order valence-electron chi connectivity index (χ3n) is 2.32. The van der Waals surface area contributed by atoms with E-state index in [1.165, 1.54) is 0 Å². The molecule has 14 heavy (non-hydrogen) atoms. The Labute approximate surface area is 86.1 Å². The van der Waals surface area contributed by atoms with E-state index in [1.807, 2.05) is 31.2 Å². The van der Waals surface area contributed by atoms with E-state index in [0.29, 0.717) is 0 Å². The molecule has 0 heterocycles. The van der Waals surface area contributed by atoms with Crippen LogP contribution in [0.3, 0.4) is 0 Å². The van der Waals surface area contributed by atoms with Gasteiger partial charge in [0.05, 0.1) is 6.10 Å². The lowest BCUT2D eigenvalue weighted by Gasteiger charge is -2.13. The van der Waals surface area contributed by atoms with Crippen molar-refractivity contribution < 1.29 is 4.74 Å². The summed E-state index contributed by atoms with van der Waals surface area (Å²) in [6, 6.07) is 8.08. The molecule has 2 N–H and O–H groups in total. The van der Waals surface area contributed by atoms with Gasteiger partial charge in [0.1, 0.15) is 5.75 Å². The van der Waals surface area contributed by atoms with Crippen molar-refractivity contribution in [2.24, 2.45) is 5.73 Å². The van der Waals surface area contributed by atoms with E-state index < -0.39 is 0 Å². The summed E-state index contributed by atoms with van der Waals surface area (Å²) in [5.41, 5.74) is 6.89. The molecule has 0 aromatic heterocycles. The highest BCUT2D eigenvalue weighted by Gasteiger charge is 2.02. The molecule has 0 radical (unpaired) electrons. The molecule has 0 fully saturated rings. The van der Waals surface area contributed by atoms with Crippen LogP contribution in [-0.4, -0.2) is 6.10 Å². The van der Waals surface area contributed by atoms with Crippen molar-refractivity contribution in [3.05, 3.63) is 29.8 Å². The SMILES string of the molecule is CCC(C)Oc1ccc(C(C)N)cc1. The maximum atomic E-state index is 5.75. The zero-order valence-corrected chi connectivity index (χ0v) is 9.16. The number of hydrogen-bond donors (Lipinski definition) is 1. The Bertz CT molecular complexity index is 266. The second-order valence-corrected chi connectivity index (χ2v) is 3.69. The molecule has 0 bridgehead atoms. The monoisotopic (exact) mass is 193 g/mol. The summed E-state index contributed by atoms with van der Waals surface area (Å²) in [5.74, 6) is 0.920. The van der Waals surface area contributed by atoms with Crippen LogP contribution >= 0.6 is 0 Å². The summed E-state index contributed by atoms with van der Waals surface area (Å²) in [7, 11) is 0. The average molecular weight is 193 g/mol. The van der Waals surface area contributed by atoms with Gasteiger partial charge in [-0.05, 0) is 38.0 Å². The van der Waals surface area contributed by atoms with Crippen molar-refractivity contribution in [3.63, 3.8) is 0 Å². The molecule has 1 aromatic rings. The molecule has 1 rings (SSSR count). The number of nitrogens with two attached hydrogens (primary N) is 1. The molecule has 2 heteroatoms. The first-order valence-electron chi connectivity index (χ1n) is 5.15. The Morgan fingerprint density at radius 1 is 1.21 bits per heavy atom. The molecule has 0 amide bonds. The van der Waals surface area contributed by atoms with Gasteiger partial charge in [-0.3, -0.25) is 0 Å². The van der Waals surface area contributed by atoms with Gasteiger partial charge in [-0.2, -0.15) is 0 Å². The molecule has 0 saturated heterocycles. The first-order chi connectivity index (χ1) is 6.63. The Morgan fingerprint density at radius 2 is 1.79 bits per heavy atom. The molecule has 0 aliphatic heterocycles. The van der Waals surface area contributed by atoms with Gasteiger partial charge >= 0.3 is 0 Å². The van der Waals surface area contributed by atoms with Gasteiger partial charge in [-0.25, -0.2) is 0 Å². The summed E-state index contributed by atoms with van der Waals surface area (Å²) in [6.07, 6.45) is 1.30. The number of rotatable bonds is 4. The lowest BCUT2D eigenvalue weighted by atomic mass is 10.1. The summed E-state index contributed by atoms with van der Waals surface area (Å²) in [6.45, 7) is 6.16. The minimum atomic E-state index is 0.0904. The average Bonchev–Trinajstić information content (AvgIpc) is 2.18. The van der Waals surface area contributed by atoms with Crippen LogP contribution in [0.5, 0.6) is 5.75 Å². The predicted octanol–water partition coefficient (Wildman–Crippen LogP) is 2.88. The van der Waals surface area contributed by atoms with E-state index in [9.17, 15) is 0 Å². The Kier molecular flexibility index (Phi) is 3.96. The van der Waals surface area contributed by atoms with Gasteiger partial charge < -0.3 is 10.5 Å². The Morgan fingerprint density at radius 3 is 2.21 bits per heavy atom. The van der Waals surface area contributed by atoms with Gasteiger partial charge in [0, 0.05) is 6.04 Å². The Hall–Kier alpha value is -1.02. The fourth-order valence-corrected chi connectivity index (χ4v) is 1.17. The third-order valence-corrected chi connectivity index (χ3v) is 2.32. The van der Waals surface area contributed by atoms with Crippen LogP contribution in [0.25, 0.3) is 0 Å². The Balaban J connectivity index is 2.64. The highest BCUT2D eigenvalue weighted by molar-refractivity contribution is 5.28. The van der Waals surface area contributed by atoms with Crippen molar-refractivity contribution in [1.29, 1.82) is 0 Å². The number of hydrogen-bond acceptors (Lipinski definition) is 2. The molecular formula is C12H19NO. The number of benzene rings is 1. The third kappa shape index (κ3) is 3.04. The summed E-state index contributed by atoms with van der Waals surface area (Å²) in [4.78, 5) is 0. The normalized spacial score (nSPS) is 14.9. The fraction of sp³-hybridized carbons (Fsp3) is 0.500. The van der Waals surface area contributed by atoms with Crippen LogP contribution in [0.1, 0.15) is 38.8 Å². The molecule has 0 saturated carbocycles. The van der Waals surface area contributed by atoms with Crippen molar-refractivity contribution in [2.75, 3.05) is 0 Å². The van der Waals surface area contributed by atoms with Gasteiger partial charge in [0.25, 0.3) is 0 Å². The highest BCUT2D eigenvalue weighted by atomic mass is 16.5. The minimum absolute atomic E-state index is 0.0904. The summed E-state index contributed by atoms with van der Waals surface area (Å²) < 4.78 is 5.66. The van der Waals surface area contributed by atoms with Crippen molar-refractivity contribution in [1.82, 2.24) is 0 Å². The second kappa shape index (κ2) is 5.01. The maximum Gasteiger partial charge on any atom is 0.119 e. The maximum absolute atomic E-state index is 5.75. The number of ether oxygens (including phenoxy) is 1. The van der Waals surface area contributed by atoms with Crippen LogP contribution in [-0.2, 0) is 0 Å². The molecule has 2 nitrogen and oxygen atoms in total. The van der Waals surface area contributed by atoms with E-state index in [4.69, 9.17) is 10.5 Å². The van der Waals surface area contributed by atoms with Crippen molar-refractivity contribution in [3.8, 4) is 5.75 Å². The van der Waals surface area contributed by atoms with Gasteiger partial charge in [0.2, 0.25) is 0 Å². The topological polar surface area (TPSA) is 35.2 Å². The zero-order valence-electron chi connectivity index (χ0n) is 9.16. The molecule has 1 aromatic carbocycles. The van der Waals surface area contributed by atoms with Gasteiger partial charge in [-0.1, -0.05) is 19.1 Å². The van der Waals surface area contributed by atoms with Crippen LogP contribution in [0.4, 0.5) is 0 Å². The van der Waals surface area contributed by atoms with E-state index in [-0.39, 0.29) is 12.1 Å². The molecule has 2 atom stereocenters. The fourth-order valence-electron chi connectivity index (χ4n) is 1.17. The minimum Gasteiger partial charge on any atom is -0.491 e. The van der Waals surface area contributed by atoms with E-state index in [0.717, 1.165) is 17.7 Å².